The molecule has 0 aliphatic heterocycles. The summed E-state index contributed by atoms with van der Waals surface area (Å²) in [5.41, 5.74) is 7.17. The number of benzene rings is 1. The van der Waals surface area contributed by atoms with E-state index in [1.165, 1.54) is 4.68 Å². The maximum Gasteiger partial charge on any atom is 0.194 e. The molecule has 19 heavy (non-hydrogen) atoms. The predicted molar refractivity (Wildman–Crippen MR) is 66.9 cm³/mol. The Kier molecular flexibility index (Phi) is 3.50. The van der Waals surface area contributed by atoms with Crippen molar-refractivity contribution >= 4 is 5.82 Å². The van der Waals surface area contributed by atoms with E-state index in [-0.39, 0.29) is 5.56 Å². The molecular weight excluding hydrogens is 255 g/mol. The summed E-state index contributed by atoms with van der Waals surface area (Å²) in [4.78, 5) is 0. The number of nitrogens with two attached hydrogens (primary N) is 1. The Morgan fingerprint density at radius 3 is 2.32 bits per heavy atom. The molecule has 2 aromatic rings. The monoisotopic (exact) mass is 269 g/mol. The molecule has 0 aliphatic rings. The standard InChI is InChI=1S/C13H14F3N3/c1-3-4-8-12(18-19(2)13(8)17)7-5-9(14)11(16)10(15)6-7/h5-6H,3-4,17H2,1-2H3. The van der Waals surface area contributed by atoms with E-state index < -0.39 is 17.5 Å². The summed E-state index contributed by atoms with van der Waals surface area (Å²) >= 11 is 0. The lowest BCUT2D eigenvalue weighted by atomic mass is 10.0. The molecule has 0 spiro atoms. The molecular formula is C13H14F3N3. The van der Waals surface area contributed by atoms with E-state index in [1.54, 1.807) is 7.05 Å². The molecule has 1 heterocycles. The van der Waals surface area contributed by atoms with E-state index in [4.69, 9.17) is 5.73 Å². The number of aryl methyl sites for hydroxylation is 1. The van der Waals surface area contributed by atoms with Gasteiger partial charge in [-0.1, -0.05) is 13.3 Å². The number of nitrogen functional groups attached to an aromatic ring is 1. The lowest BCUT2D eigenvalue weighted by molar-refractivity contribution is 0.447. The van der Waals surface area contributed by atoms with Gasteiger partial charge in [0.2, 0.25) is 0 Å². The van der Waals surface area contributed by atoms with Gasteiger partial charge in [-0.25, -0.2) is 13.2 Å². The summed E-state index contributed by atoms with van der Waals surface area (Å²) in [5.74, 6) is -3.50. The fourth-order valence-corrected chi connectivity index (χ4v) is 2.00. The number of rotatable bonds is 3. The molecule has 102 valence electrons. The van der Waals surface area contributed by atoms with Crippen molar-refractivity contribution in [2.24, 2.45) is 7.05 Å². The van der Waals surface area contributed by atoms with E-state index in [0.29, 0.717) is 17.9 Å². The van der Waals surface area contributed by atoms with Crippen LogP contribution in [0.5, 0.6) is 0 Å². The van der Waals surface area contributed by atoms with Crippen molar-refractivity contribution in [3.05, 3.63) is 35.1 Å². The van der Waals surface area contributed by atoms with Gasteiger partial charge in [-0.05, 0) is 18.6 Å². The average Bonchev–Trinajstić information content (AvgIpc) is 2.64. The van der Waals surface area contributed by atoms with Gasteiger partial charge in [0.25, 0.3) is 0 Å². The minimum absolute atomic E-state index is 0.187. The summed E-state index contributed by atoms with van der Waals surface area (Å²) in [5, 5.41) is 4.15. The molecule has 0 unspecified atom stereocenters. The van der Waals surface area contributed by atoms with Gasteiger partial charge in [-0.3, -0.25) is 4.68 Å². The Balaban J connectivity index is 2.62. The van der Waals surface area contributed by atoms with Gasteiger partial charge in [-0.2, -0.15) is 5.10 Å². The Hall–Kier alpha value is -1.98. The zero-order valence-electron chi connectivity index (χ0n) is 10.7. The van der Waals surface area contributed by atoms with Crippen LogP contribution in [0.2, 0.25) is 0 Å². The molecule has 0 bridgehead atoms. The van der Waals surface area contributed by atoms with Crippen molar-refractivity contribution in [1.82, 2.24) is 9.78 Å². The van der Waals surface area contributed by atoms with Gasteiger partial charge < -0.3 is 5.73 Å². The van der Waals surface area contributed by atoms with Gasteiger partial charge in [0.15, 0.2) is 17.5 Å². The molecule has 0 aliphatic carbocycles. The molecule has 3 nitrogen and oxygen atoms in total. The van der Waals surface area contributed by atoms with Crippen LogP contribution in [0.25, 0.3) is 11.3 Å². The van der Waals surface area contributed by atoms with E-state index in [9.17, 15) is 13.2 Å². The maximum atomic E-state index is 13.3. The van der Waals surface area contributed by atoms with Crippen LogP contribution in [0, 0.1) is 17.5 Å². The Labute approximate surface area is 108 Å². The van der Waals surface area contributed by atoms with Crippen molar-refractivity contribution in [2.75, 3.05) is 5.73 Å². The Morgan fingerprint density at radius 2 is 1.79 bits per heavy atom. The molecule has 0 saturated heterocycles. The molecule has 0 amide bonds. The smallest absolute Gasteiger partial charge is 0.194 e. The van der Waals surface area contributed by atoms with Crippen molar-refractivity contribution < 1.29 is 13.2 Å². The number of halogens is 3. The number of aromatic nitrogens is 2. The highest BCUT2D eigenvalue weighted by Crippen LogP contribution is 2.29. The SMILES string of the molecule is CCCc1c(-c2cc(F)c(F)c(F)c2)nn(C)c1N. The van der Waals surface area contributed by atoms with Crippen LogP contribution in [-0.2, 0) is 13.5 Å². The normalized spacial score (nSPS) is 11.0. The molecule has 0 saturated carbocycles. The van der Waals surface area contributed by atoms with E-state index in [1.807, 2.05) is 6.92 Å². The van der Waals surface area contributed by atoms with Crippen LogP contribution in [0.1, 0.15) is 18.9 Å². The highest BCUT2D eigenvalue weighted by Gasteiger charge is 2.18. The average molecular weight is 269 g/mol. The first-order valence-corrected chi connectivity index (χ1v) is 5.92. The fourth-order valence-electron chi connectivity index (χ4n) is 2.00. The summed E-state index contributed by atoms with van der Waals surface area (Å²) in [7, 11) is 1.65. The fraction of sp³-hybridized carbons (Fsp3) is 0.308. The van der Waals surface area contributed by atoms with E-state index in [2.05, 4.69) is 5.10 Å². The van der Waals surface area contributed by atoms with Crippen molar-refractivity contribution in [3.8, 4) is 11.3 Å². The van der Waals surface area contributed by atoms with E-state index >= 15 is 0 Å². The van der Waals surface area contributed by atoms with Gasteiger partial charge in [-0.15, -0.1) is 0 Å². The van der Waals surface area contributed by atoms with Crippen LogP contribution >= 0.6 is 0 Å². The first kappa shape index (κ1) is 13.5. The van der Waals surface area contributed by atoms with Crippen LogP contribution in [0.4, 0.5) is 19.0 Å². The topological polar surface area (TPSA) is 43.8 Å². The highest BCUT2D eigenvalue weighted by molar-refractivity contribution is 5.68. The van der Waals surface area contributed by atoms with Gasteiger partial charge >= 0.3 is 0 Å². The lowest BCUT2D eigenvalue weighted by Crippen LogP contribution is -1.99. The quantitative estimate of drug-likeness (QED) is 0.870. The van der Waals surface area contributed by atoms with Crippen molar-refractivity contribution in [2.45, 2.75) is 19.8 Å². The largest absolute Gasteiger partial charge is 0.384 e. The van der Waals surface area contributed by atoms with Gasteiger partial charge in [0, 0.05) is 18.2 Å². The van der Waals surface area contributed by atoms with Crippen LogP contribution < -0.4 is 5.73 Å². The minimum Gasteiger partial charge on any atom is -0.384 e. The molecule has 0 fully saturated rings. The molecule has 1 aromatic heterocycles. The zero-order valence-corrected chi connectivity index (χ0v) is 10.7. The molecule has 0 radical (unpaired) electrons. The predicted octanol–water partition coefficient (Wildman–Crippen LogP) is 3.04. The second-order valence-electron chi connectivity index (χ2n) is 4.34. The van der Waals surface area contributed by atoms with Crippen LogP contribution in [-0.4, -0.2) is 9.78 Å². The Morgan fingerprint density at radius 1 is 1.21 bits per heavy atom. The van der Waals surface area contributed by atoms with Gasteiger partial charge in [0.05, 0.1) is 5.69 Å². The molecule has 2 N–H and O–H groups in total. The summed E-state index contributed by atoms with van der Waals surface area (Å²) < 4.78 is 40.9. The highest BCUT2D eigenvalue weighted by atomic mass is 19.2. The number of nitrogens with zero attached hydrogens (tertiary/aromatic N) is 2. The first-order chi connectivity index (χ1) is 8.95. The summed E-state index contributed by atoms with van der Waals surface area (Å²) in [6.07, 6.45) is 1.45. The molecule has 2 rings (SSSR count). The number of hydrogen-bond acceptors (Lipinski definition) is 2. The van der Waals surface area contributed by atoms with Gasteiger partial charge in [0.1, 0.15) is 5.82 Å². The molecule has 1 aromatic carbocycles. The third-order valence-corrected chi connectivity index (χ3v) is 2.95. The molecule has 6 heteroatoms. The zero-order chi connectivity index (χ0) is 14.2. The lowest BCUT2D eigenvalue weighted by Gasteiger charge is -2.04. The Bertz CT molecular complexity index is 597. The van der Waals surface area contributed by atoms with Crippen molar-refractivity contribution in [1.29, 1.82) is 0 Å². The summed E-state index contributed by atoms with van der Waals surface area (Å²) in [6, 6.07) is 1.86. The maximum absolute atomic E-state index is 13.3. The third-order valence-electron chi connectivity index (χ3n) is 2.95. The number of hydrogen-bond donors (Lipinski definition) is 1. The minimum atomic E-state index is -1.48. The molecule has 0 atom stereocenters. The second-order valence-corrected chi connectivity index (χ2v) is 4.34. The second kappa shape index (κ2) is 4.95. The number of anilines is 1. The summed E-state index contributed by atoms with van der Waals surface area (Å²) in [6.45, 7) is 1.96. The van der Waals surface area contributed by atoms with E-state index in [0.717, 1.165) is 24.1 Å². The third kappa shape index (κ3) is 2.30. The van der Waals surface area contributed by atoms with Crippen LogP contribution in [0.3, 0.4) is 0 Å². The van der Waals surface area contributed by atoms with Crippen molar-refractivity contribution in [3.63, 3.8) is 0 Å². The first-order valence-electron chi connectivity index (χ1n) is 5.92. The van der Waals surface area contributed by atoms with Crippen LogP contribution in [0.15, 0.2) is 12.1 Å².